The first kappa shape index (κ1) is 21.9. The molecule has 0 amide bonds. The minimum absolute atomic E-state index is 0.599. The van der Waals surface area contributed by atoms with Crippen molar-refractivity contribution < 1.29 is 9.47 Å². The van der Waals surface area contributed by atoms with Crippen LogP contribution in [0.5, 0.6) is 0 Å². The van der Waals surface area contributed by atoms with Crippen molar-refractivity contribution in [2.24, 2.45) is 4.99 Å². The Bertz CT molecular complexity index is 731. The molecule has 0 fully saturated rings. The summed E-state index contributed by atoms with van der Waals surface area (Å²) >= 11 is 0. The van der Waals surface area contributed by atoms with Gasteiger partial charge in [0.2, 0.25) is 0 Å². The number of nitrogens with zero attached hydrogens (tertiary/aromatic N) is 1. The van der Waals surface area contributed by atoms with Crippen LogP contribution in [0.3, 0.4) is 0 Å². The van der Waals surface area contributed by atoms with Crippen LogP contribution in [0.15, 0.2) is 53.5 Å². The van der Waals surface area contributed by atoms with Gasteiger partial charge in [0.1, 0.15) is 0 Å². The van der Waals surface area contributed by atoms with Gasteiger partial charge in [-0.15, -0.1) is 0 Å². The Morgan fingerprint density at radius 2 is 1.57 bits per heavy atom. The zero-order valence-corrected chi connectivity index (χ0v) is 17.3. The first-order valence-electron chi connectivity index (χ1n) is 10.0. The smallest absolute Gasteiger partial charge is 0.191 e. The van der Waals surface area contributed by atoms with Crippen molar-refractivity contribution in [1.82, 2.24) is 10.6 Å². The van der Waals surface area contributed by atoms with Gasteiger partial charge in [-0.1, -0.05) is 55.5 Å². The number of nitrogens with one attached hydrogen (secondary N) is 2. The maximum atomic E-state index is 5.65. The van der Waals surface area contributed by atoms with Crippen LogP contribution < -0.4 is 10.6 Å². The maximum Gasteiger partial charge on any atom is 0.191 e. The number of aliphatic imine (C=N–C) groups is 1. The van der Waals surface area contributed by atoms with Crippen LogP contribution in [0.2, 0.25) is 0 Å². The SMILES string of the molecule is CCOCCOCc1cccc(CNC(=NC)NCc2ccccc2CC)c1. The van der Waals surface area contributed by atoms with Crippen molar-refractivity contribution in [2.45, 2.75) is 40.0 Å². The van der Waals surface area contributed by atoms with Gasteiger partial charge in [0.05, 0.1) is 19.8 Å². The molecule has 2 rings (SSSR count). The van der Waals surface area contributed by atoms with Crippen LogP contribution in [-0.4, -0.2) is 32.8 Å². The van der Waals surface area contributed by atoms with Gasteiger partial charge >= 0.3 is 0 Å². The van der Waals surface area contributed by atoms with Crippen LogP contribution in [0.1, 0.15) is 36.1 Å². The standard InChI is InChI=1S/C23H33N3O2/c1-4-21-11-6-7-12-22(21)17-26-23(24-3)25-16-19-9-8-10-20(15-19)18-28-14-13-27-5-2/h6-12,15H,4-5,13-14,16-18H2,1-3H3,(H2,24,25,26). The molecule has 0 aliphatic heterocycles. The topological polar surface area (TPSA) is 54.9 Å². The summed E-state index contributed by atoms with van der Waals surface area (Å²) in [4.78, 5) is 4.33. The van der Waals surface area contributed by atoms with E-state index in [0.29, 0.717) is 26.4 Å². The Hall–Kier alpha value is -2.37. The average Bonchev–Trinajstić information content (AvgIpc) is 2.74. The lowest BCUT2D eigenvalue weighted by Gasteiger charge is -2.14. The Morgan fingerprint density at radius 1 is 0.857 bits per heavy atom. The highest BCUT2D eigenvalue weighted by Gasteiger charge is 2.03. The third-order valence-electron chi connectivity index (χ3n) is 4.47. The predicted octanol–water partition coefficient (Wildman–Crippen LogP) is 3.67. The minimum Gasteiger partial charge on any atom is -0.379 e. The summed E-state index contributed by atoms with van der Waals surface area (Å²) in [5.74, 6) is 0.796. The second kappa shape index (κ2) is 12.9. The minimum atomic E-state index is 0.599. The molecule has 0 atom stereocenters. The quantitative estimate of drug-likeness (QED) is 0.353. The van der Waals surface area contributed by atoms with Gasteiger partial charge in [-0.3, -0.25) is 4.99 Å². The fourth-order valence-corrected chi connectivity index (χ4v) is 2.94. The summed E-state index contributed by atoms with van der Waals surface area (Å²) in [6, 6.07) is 16.9. The lowest BCUT2D eigenvalue weighted by atomic mass is 10.1. The molecule has 0 unspecified atom stereocenters. The Balaban J connectivity index is 1.80. The third kappa shape index (κ3) is 7.71. The average molecular weight is 384 g/mol. The van der Waals surface area contributed by atoms with Crippen LogP contribution in [0.4, 0.5) is 0 Å². The normalized spacial score (nSPS) is 11.5. The molecule has 0 aliphatic carbocycles. The Morgan fingerprint density at radius 3 is 2.32 bits per heavy atom. The molecule has 0 heterocycles. The van der Waals surface area contributed by atoms with E-state index in [0.717, 1.165) is 31.1 Å². The summed E-state index contributed by atoms with van der Waals surface area (Å²) in [5, 5.41) is 6.78. The largest absolute Gasteiger partial charge is 0.379 e. The lowest BCUT2D eigenvalue weighted by molar-refractivity contribution is 0.0453. The number of rotatable bonds is 11. The van der Waals surface area contributed by atoms with Gasteiger partial charge < -0.3 is 20.1 Å². The van der Waals surface area contributed by atoms with E-state index in [1.54, 1.807) is 7.05 Å². The monoisotopic (exact) mass is 383 g/mol. The van der Waals surface area contributed by atoms with Crippen molar-refractivity contribution >= 4 is 5.96 Å². The summed E-state index contributed by atoms with van der Waals surface area (Å²) in [6.45, 7) is 8.22. The van der Waals surface area contributed by atoms with E-state index in [1.165, 1.54) is 16.7 Å². The molecule has 0 bridgehead atoms. The van der Waals surface area contributed by atoms with Crippen LogP contribution >= 0.6 is 0 Å². The van der Waals surface area contributed by atoms with Crippen LogP contribution in [-0.2, 0) is 35.6 Å². The first-order chi connectivity index (χ1) is 13.8. The number of hydrogen-bond acceptors (Lipinski definition) is 3. The second-order valence-electron chi connectivity index (χ2n) is 6.47. The zero-order chi connectivity index (χ0) is 20.0. The molecule has 0 aromatic heterocycles. The molecular formula is C23H33N3O2. The Labute approximate surface area is 169 Å². The maximum absolute atomic E-state index is 5.65. The molecule has 2 N–H and O–H groups in total. The molecule has 0 radical (unpaired) electrons. The molecule has 0 saturated heterocycles. The summed E-state index contributed by atoms with van der Waals surface area (Å²) < 4.78 is 10.9. The summed E-state index contributed by atoms with van der Waals surface area (Å²) in [7, 11) is 1.80. The molecule has 0 aliphatic rings. The molecule has 0 spiro atoms. The van der Waals surface area contributed by atoms with E-state index in [2.05, 4.69) is 71.1 Å². The highest BCUT2D eigenvalue weighted by atomic mass is 16.5. The molecular weight excluding hydrogens is 350 g/mol. The van der Waals surface area contributed by atoms with Gasteiger partial charge in [-0.05, 0) is 35.6 Å². The van der Waals surface area contributed by atoms with E-state index >= 15 is 0 Å². The van der Waals surface area contributed by atoms with E-state index in [1.807, 2.05) is 6.92 Å². The fraction of sp³-hybridized carbons (Fsp3) is 0.435. The number of guanidine groups is 1. The van der Waals surface area contributed by atoms with Crippen molar-refractivity contribution in [3.05, 3.63) is 70.8 Å². The number of benzene rings is 2. The molecule has 5 nitrogen and oxygen atoms in total. The highest BCUT2D eigenvalue weighted by molar-refractivity contribution is 5.79. The van der Waals surface area contributed by atoms with Crippen molar-refractivity contribution in [2.75, 3.05) is 26.9 Å². The molecule has 152 valence electrons. The van der Waals surface area contributed by atoms with E-state index < -0.39 is 0 Å². The number of aryl methyl sites for hydroxylation is 1. The molecule has 2 aromatic carbocycles. The second-order valence-corrected chi connectivity index (χ2v) is 6.47. The highest BCUT2D eigenvalue weighted by Crippen LogP contribution is 2.09. The Kier molecular flexibility index (Phi) is 10.1. The van der Waals surface area contributed by atoms with Crippen molar-refractivity contribution in [1.29, 1.82) is 0 Å². The van der Waals surface area contributed by atoms with Gasteiger partial charge in [-0.25, -0.2) is 0 Å². The lowest BCUT2D eigenvalue weighted by Crippen LogP contribution is -2.36. The van der Waals surface area contributed by atoms with Gasteiger partial charge in [0.25, 0.3) is 0 Å². The number of ether oxygens (including phenoxy) is 2. The van der Waals surface area contributed by atoms with Crippen LogP contribution in [0.25, 0.3) is 0 Å². The van der Waals surface area contributed by atoms with Gasteiger partial charge in [0, 0.05) is 26.7 Å². The first-order valence-corrected chi connectivity index (χ1v) is 10.0. The van der Waals surface area contributed by atoms with Crippen LogP contribution in [0, 0.1) is 0 Å². The molecule has 0 saturated carbocycles. The summed E-state index contributed by atoms with van der Waals surface area (Å²) in [5.41, 5.74) is 5.03. The molecule has 28 heavy (non-hydrogen) atoms. The van der Waals surface area contributed by atoms with E-state index in [-0.39, 0.29) is 0 Å². The predicted molar refractivity (Wildman–Crippen MR) is 115 cm³/mol. The fourth-order valence-electron chi connectivity index (χ4n) is 2.94. The third-order valence-corrected chi connectivity index (χ3v) is 4.47. The van der Waals surface area contributed by atoms with Gasteiger partial charge in [0.15, 0.2) is 5.96 Å². The molecule has 5 heteroatoms. The molecule has 2 aromatic rings. The summed E-state index contributed by atoms with van der Waals surface area (Å²) in [6.07, 6.45) is 1.03. The van der Waals surface area contributed by atoms with Crippen molar-refractivity contribution in [3.8, 4) is 0 Å². The zero-order valence-electron chi connectivity index (χ0n) is 17.3. The van der Waals surface area contributed by atoms with Gasteiger partial charge in [-0.2, -0.15) is 0 Å². The van der Waals surface area contributed by atoms with E-state index in [4.69, 9.17) is 9.47 Å². The number of hydrogen-bond donors (Lipinski definition) is 2. The van der Waals surface area contributed by atoms with Crippen molar-refractivity contribution in [3.63, 3.8) is 0 Å². The van der Waals surface area contributed by atoms with E-state index in [9.17, 15) is 0 Å².